The SMILES string of the molecule is O=C1C=C(S(=O)(=O)O)C2=CC(=NC(=O)c3ccc(NC(=O)Nc4ccc(C(=O)N=C5C=CC6CC(=O)C=C(S(=O)(=O)O)C6=C5)cc4)cc3)C=CC2C1. The van der Waals surface area contributed by atoms with Crippen LogP contribution in [0.2, 0.25) is 0 Å². The molecule has 0 spiro atoms. The van der Waals surface area contributed by atoms with E-state index < -0.39 is 71.3 Å². The van der Waals surface area contributed by atoms with Gasteiger partial charge in [-0.05, 0) is 84.0 Å². The normalized spacial score (nSPS) is 21.3. The Morgan fingerprint density at radius 3 is 1.31 bits per heavy atom. The molecular formula is C35H26N4O11S2. The van der Waals surface area contributed by atoms with Crippen LogP contribution in [-0.2, 0) is 29.8 Å². The van der Waals surface area contributed by atoms with Crippen LogP contribution in [0.25, 0.3) is 0 Å². The lowest BCUT2D eigenvalue weighted by Crippen LogP contribution is -2.23. The van der Waals surface area contributed by atoms with Crippen molar-refractivity contribution in [2.24, 2.45) is 21.8 Å². The molecule has 2 atom stereocenters. The molecule has 0 radical (unpaired) electrons. The number of urea groups is 1. The summed E-state index contributed by atoms with van der Waals surface area (Å²) in [4.78, 5) is 69.0. The van der Waals surface area contributed by atoms with Gasteiger partial charge in [-0.3, -0.25) is 28.3 Å². The second kappa shape index (κ2) is 14.0. The molecule has 17 heteroatoms. The summed E-state index contributed by atoms with van der Waals surface area (Å²) in [6.45, 7) is 0. The highest BCUT2D eigenvalue weighted by molar-refractivity contribution is 7.90. The van der Waals surface area contributed by atoms with Crippen LogP contribution in [0, 0.1) is 11.8 Å². The minimum Gasteiger partial charge on any atom is -0.308 e. The van der Waals surface area contributed by atoms with Gasteiger partial charge in [-0.1, -0.05) is 12.2 Å². The molecule has 0 heterocycles. The molecule has 6 rings (SSSR count). The first-order chi connectivity index (χ1) is 24.5. The molecule has 15 nitrogen and oxygen atoms in total. The number of carbonyl (C=O) groups is 5. The molecule has 4 N–H and O–H groups in total. The lowest BCUT2D eigenvalue weighted by Gasteiger charge is -2.24. The van der Waals surface area contributed by atoms with E-state index in [-0.39, 0.29) is 46.5 Å². The molecule has 0 bridgehead atoms. The van der Waals surface area contributed by atoms with E-state index in [1.165, 1.54) is 85.0 Å². The summed E-state index contributed by atoms with van der Waals surface area (Å²) in [5.74, 6) is -3.41. The maximum Gasteiger partial charge on any atom is 0.323 e. The van der Waals surface area contributed by atoms with Crippen molar-refractivity contribution < 1.29 is 49.9 Å². The number of nitrogens with one attached hydrogen (secondary N) is 2. The Bertz CT molecular complexity index is 2260. The largest absolute Gasteiger partial charge is 0.323 e. The van der Waals surface area contributed by atoms with E-state index >= 15 is 0 Å². The van der Waals surface area contributed by atoms with Crippen LogP contribution in [0.4, 0.5) is 16.2 Å². The standard InChI is InChI=1S/C35H26N4O11S2/c40-27-13-21-5-11-25(15-29(21)31(17-27)51(45,46)47)36-33(42)19-1-7-23(8-2-19)38-35(44)39-24-9-3-20(4-10-24)34(43)37-26-12-6-22-14-28(41)18-32(30(22)16-26)52(48,49)50/h1-12,15-18,21-22H,13-14H2,(H2,38,39,44)(H,45,46,47)(H,48,49,50). The number of rotatable bonds is 6. The third kappa shape index (κ3) is 8.13. The molecule has 0 saturated carbocycles. The number of fused-ring (bicyclic) bond motifs is 2. The average molecular weight is 743 g/mol. The van der Waals surface area contributed by atoms with E-state index in [0.717, 1.165) is 12.2 Å². The van der Waals surface area contributed by atoms with Crippen LogP contribution in [0.5, 0.6) is 0 Å². The van der Waals surface area contributed by atoms with Gasteiger partial charge in [0.1, 0.15) is 9.81 Å². The highest BCUT2D eigenvalue weighted by atomic mass is 32.2. The van der Waals surface area contributed by atoms with Crippen molar-refractivity contribution >= 4 is 72.4 Å². The molecule has 4 aliphatic carbocycles. The Morgan fingerprint density at radius 2 is 0.962 bits per heavy atom. The number of amides is 4. The van der Waals surface area contributed by atoms with Crippen molar-refractivity contribution in [2.45, 2.75) is 12.8 Å². The molecule has 2 aromatic rings. The summed E-state index contributed by atoms with van der Waals surface area (Å²) >= 11 is 0. The highest BCUT2D eigenvalue weighted by Gasteiger charge is 2.34. The van der Waals surface area contributed by atoms with Crippen LogP contribution in [0.1, 0.15) is 33.6 Å². The topological polar surface area (TPSA) is 243 Å². The average Bonchev–Trinajstić information content (AvgIpc) is 3.07. The van der Waals surface area contributed by atoms with Crippen molar-refractivity contribution in [2.75, 3.05) is 10.6 Å². The molecule has 4 amide bonds. The minimum atomic E-state index is -4.68. The second-order valence-corrected chi connectivity index (χ2v) is 14.6. The number of ketones is 2. The van der Waals surface area contributed by atoms with Crippen molar-refractivity contribution in [3.63, 3.8) is 0 Å². The number of carbonyl (C=O) groups excluding carboxylic acids is 5. The number of aliphatic imine (C=N–C) groups is 2. The Hall–Kier alpha value is -6.01. The number of benzene rings is 2. The summed E-state index contributed by atoms with van der Waals surface area (Å²) in [5, 5.41) is 5.20. The van der Waals surface area contributed by atoms with Gasteiger partial charge in [-0.2, -0.15) is 16.8 Å². The zero-order valence-corrected chi connectivity index (χ0v) is 28.2. The third-order valence-corrected chi connectivity index (χ3v) is 10.0. The molecular weight excluding hydrogens is 717 g/mol. The lowest BCUT2D eigenvalue weighted by molar-refractivity contribution is -0.116. The Kier molecular flexibility index (Phi) is 9.61. The first-order valence-electron chi connectivity index (χ1n) is 15.3. The number of anilines is 2. The molecule has 264 valence electrons. The van der Waals surface area contributed by atoms with Crippen LogP contribution in [-0.4, -0.2) is 66.8 Å². The first-order valence-corrected chi connectivity index (χ1v) is 18.2. The number of hydrogen-bond acceptors (Lipinski definition) is 9. The van der Waals surface area contributed by atoms with E-state index in [0.29, 0.717) is 11.4 Å². The Balaban J connectivity index is 1.06. The minimum absolute atomic E-state index is 0.0132. The van der Waals surface area contributed by atoms with Gasteiger partial charge in [0.15, 0.2) is 11.6 Å². The van der Waals surface area contributed by atoms with Crippen LogP contribution in [0.3, 0.4) is 0 Å². The van der Waals surface area contributed by atoms with Crippen molar-refractivity contribution in [3.05, 3.63) is 129 Å². The maximum atomic E-state index is 12.8. The predicted octanol–water partition coefficient (Wildman–Crippen LogP) is 4.21. The number of hydrogen-bond donors (Lipinski definition) is 4. The fraction of sp³-hybridized carbons (Fsp3) is 0.114. The summed E-state index contributed by atoms with van der Waals surface area (Å²) in [6, 6.07) is 10.9. The molecule has 0 fully saturated rings. The molecule has 0 saturated heterocycles. The van der Waals surface area contributed by atoms with Gasteiger partial charge in [0.25, 0.3) is 32.1 Å². The van der Waals surface area contributed by atoms with Gasteiger partial charge in [-0.15, -0.1) is 0 Å². The van der Waals surface area contributed by atoms with E-state index in [2.05, 4.69) is 20.6 Å². The third-order valence-electron chi connectivity index (χ3n) is 8.20. The van der Waals surface area contributed by atoms with E-state index in [1.54, 1.807) is 0 Å². The molecule has 4 aliphatic rings. The Morgan fingerprint density at radius 1 is 0.596 bits per heavy atom. The van der Waals surface area contributed by atoms with E-state index in [9.17, 15) is 49.9 Å². The van der Waals surface area contributed by atoms with E-state index in [1.807, 2.05) is 0 Å². The number of nitrogens with zero attached hydrogens (tertiary/aromatic N) is 2. The fourth-order valence-corrected chi connectivity index (χ4v) is 7.35. The van der Waals surface area contributed by atoms with Gasteiger partial charge in [0.2, 0.25) is 0 Å². The van der Waals surface area contributed by atoms with Gasteiger partial charge < -0.3 is 10.6 Å². The molecule has 52 heavy (non-hydrogen) atoms. The van der Waals surface area contributed by atoms with Crippen LogP contribution < -0.4 is 10.6 Å². The summed E-state index contributed by atoms with van der Waals surface area (Å²) < 4.78 is 66.3. The zero-order chi connectivity index (χ0) is 37.4. The first kappa shape index (κ1) is 35.8. The van der Waals surface area contributed by atoms with Crippen LogP contribution >= 0.6 is 0 Å². The fourth-order valence-electron chi connectivity index (χ4n) is 5.78. The van der Waals surface area contributed by atoms with Gasteiger partial charge in [0.05, 0.1) is 11.4 Å². The van der Waals surface area contributed by atoms with Crippen molar-refractivity contribution in [1.29, 1.82) is 0 Å². The second-order valence-electron chi connectivity index (χ2n) is 11.9. The number of allylic oxidation sites excluding steroid dienone is 10. The summed E-state index contributed by atoms with van der Waals surface area (Å²) in [6.07, 6.45) is 10.4. The van der Waals surface area contributed by atoms with E-state index in [4.69, 9.17) is 0 Å². The van der Waals surface area contributed by atoms with Gasteiger partial charge in [-0.25, -0.2) is 14.8 Å². The smallest absolute Gasteiger partial charge is 0.308 e. The maximum absolute atomic E-state index is 12.8. The predicted molar refractivity (Wildman–Crippen MR) is 189 cm³/mol. The van der Waals surface area contributed by atoms with Crippen molar-refractivity contribution in [1.82, 2.24) is 0 Å². The zero-order valence-electron chi connectivity index (χ0n) is 26.6. The summed E-state index contributed by atoms with van der Waals surface area (Å²) in [7, 11) is -9.36. The highest BCUT2D eigenvalue weighted by Crippen LogP contribution is 2.36. The summed E-state index contributed by atoms with van der Waals surface area (Å²) in [5.41, 5.74) is 1.51. The van der Waals surface area contributed by atoms with Crippen molar-refractivity contribution in [3.8, 4) is 0 Å². The van der Waals surface area contributed by atoms with Gasteiger partial charge >= 0.3 is 6.03 Å². The lowest BCUT2D eigenvalue weighted by atomic mass is 9.84. The monoisotopic (exact) mass is 742 g/mol. The van der Waals surface area contributed by atoms with Gasteiger partial charge in [0, 0.05) is 59.3 Å². The van der Waals surface area contributed by atoms with Crippen LogP contribution in [0.15, 0.2) is 128 Å². The molecule has 2 unspecified atom stereocenters. The molecule has 2 aromatic carbocycles. The molecule has 0 aromatic heterocycles. The Labute approximate surface area is 296 Å². The molecule has 0 aliphatic heterocycles. The quantitative estimate of drug-likeness (QED) is 0.306.